The number of ether oxygens (including phenoxy) is 1. The van der Waals surface area contributed by atoms with Crippen molar-refractivity contribution < 1.29 is 23.8 Å². The average Bonchev–Trinajstić information content (AvgIpc) is 2.28. The van der Waals surface area contributed by atoms with Gasteiger partial charge in [-0.25, -0.2) is 9.18 Å². The van der Waals surface area contributed by atoms with Gasteiger partial charge in [0.25, 0.3) is 0 Å². The minimum atomic E-state index is -1.23. The number of esters is 1. The van der Waals surface area contributed by atoms with Crippen molar-refractivity contribution in [2.45, 2.75) is 13.3 Å². The first-order valence-electron chi connectivity index (χ1n) is 5.21. The molecule has 0 aromatic heterocycles. The second kappa shape index (κ2) is 6.40. The molecule has 94 valence electrons. The van der Waals surface area contributed by atoms with Gasteiger partial charge < -0.3 is 9.84 Å². The van der Waals surface area contributed by atoms with Gasteiger partial charge in [-0.1, -0.05) is 11.8 Å². The molecule has 1 aromatic carbocycles. The monoisotopic (exact) mass is 250 g/mol. The average molecular weight is 250 g/mol. The van der Waals surface area contributed by atoms with Crippen LogP contribution in [-0.2, 0) is 9.53 Å². The number of halogens is 1. The minimum Gasteiger partial charge on any atom is -0.478 e. The normalized spacial score (nSPS) is 9.22. The van der Waals surface area contributed by atoms with E-state index in [0.29, 0.717) is 0 Å². The van der Waals surface area contributed by atoms with Gasteiger partial charge in [0, 0.05) is 5.56 Å². The van der Waals surface area contributed by atoms with Crippen LogP contribution in [0.1, 0.15) is 29.3 Å². The van der Waals surface area contributed by atoms with Crippen LogP contribution in [0.4, 0.5) is 4.39 Å². The Kier molecular flexibility index (Phi) is 4.88. The van der Waals surface area contributed by atoms with Crippen molar-refractivity contribution in [1.82, 2.24) is 0 Å². The Bertz CT molecular complexity index is 526. The molecule has 18 heavy (non-hydrogen) atoms. The summed E-state index contributed by atoms with van der Waals surface area (Å²) in [5, 5.41) is 8.73. The van der Waals surface area contributed by atoms with Crippen molar-refractivity contribution in [3.8, 4) is 11.8 Å². The van der Waals surface area contributed by atoms with Crippen LogP contribution in [0.2, 0.25) is 0 Å². The lowest BCUT2D eigenvalue weighted by Crippen LogP contribution is -2.01. The highest BCUT2D eigenvalue weighted by Crippen LogP contribution is 2.08. The van der Waals surface area contributed by atoms with Gasteiger partial charge in [-0.05, 0) is 25.1 Å². The van der Waals surface area contributed by atoms with Crippen molar-refractivity contribution in [2.24, 2.45) is 0 Å². The highest BCUT2D eigenvalue weighted by Gasteiger charge is 2.05. The topological polar surface area (TPSA) is 63.6 Å². The van der Waals surface area contributed by atoms with E-state index >= 15 is 0 Å². The molecule has 0 atom stereocenters. The molecule has 0 aliphatic carbocycles. The Hall–Kier alpha value is -2.35. The molecular formula is C13H11FO4. The highest BCUT2D eigenvalue weighted by molar-refractivity contribution is 5.88. The van der Waals surface area contributed by atoms with Crippen molar-refractivity contribution in [1.29, 1.82) is 0 Å². The molecule has 1 aromatic rings. The molecule has 0 unspecified atom stereocenters. The maximum absolute atomic E-state index is 13.1. The lowest BCUT2D eigenvalue weighted by Gasteiger charge is -1.97. The van der Waals surface area contributed by atoms with Crippen LogP contribution in [-0.4, -0.2) is 23.7 Å². The molecule has 0 aliphatic heterocycles. The first kappa shape index (κ1) is 13.7. The lowest BCUT2D eigenvalue weighted by molar-refractivity contribution is -0.141. The molecule has 0 saturated carbocycles. The summed E-state index contributed by atoms with van der Waals surface area (Å²) in [7, 11) is 0. The van der Waals surface area contributed by atoms with Crippen molar-refractivity contribution in [3.05, 3.63) is 35.1 Å². The van der Waals surface area contributed by atoms with Crippen molar-refractivity contribution in [3.63, 3.8) is 0 Å². The fraction of sp³-hybridized carbons (Fsp3) is 0.231. The minimum absolute atomic E-state index is 0.118. The molecule has 0 aliphatic rings. The molecule has 4 nitrogen and oxygen atoms in total. The summed E-state index contributed by atoms with van der Waals surface area (Å²) < 4.78 is 17.7. The zero-order chi connectivity index (χ0) is 13.5. The number of benzene rings is 1. The van der Waals surface area contributed by atoms with Crippen LogP contribution < -0.4 is 0 Å². The molecule has 0 radical (unpaired) electrons. The van der Waals surface area contributed by atoms with Crippen LogP contribution in [0.15, 0.2) is 18.2 Å². The van der Waals surface area contributed by atoms with Gasteiger partial charge in [0.1, 0.15) is 12.2 Å². The number of aromatic carboxylic acids is 1. The number of carboxylic acids is 1. The summed E-state index contributed by atoms with van der Waals surface area (Å²) in [5.41, 5.74) is 0.0205. The zero-order valence-electron chi connectivity index (χ0n) is 9.70. The van der Waals surface area contributed by atoms with Gasteiger partial charge in [-0.2, -0.15) is 0 Å². The maximum Gasteiger partial charge on any atom is 0.335 e. The Morgan fingerprint density at radius 2 is 2.11 bits per heavy atom. The summed E-state index contributed by atoms with van der Waals surface area (Å²) in [6, 6.07) is 3.24. The van der Waals surface area contributed by atoms with E-state index in [4.69, 9.17) is 5.11 Å². The first-order valence-corrected chi connectivity index (χ1v) is 5.21. The third-order valence-electron chi connectivity index (χ3n) is 1.92. The standard InChI is InChI=1S/C13H11FO4/c1-2-18-12(15)5-3-4-9-6-10(13(16)17)8-11(14)7-9/h6-8H,2,5H2,1H3,(H,16,17). The fourth-order valence-electron chi connectivity index (χ4n) is 1.22. The Labute approximate surface area is 103 Å². The van der Waals surface area contributed by atoms with E-state index in [9.17, 15) is 14.0 Å². The highest BCUT2D eigenvalue weighted by atomic mass is 19.1. The molecular weight excluding hydrogens is 239 g/mol. The zero-order valence-corrected chi connectivity index (χ0v) is 9.70. The van der Waals surface area contributed by atoms with Crippen LogP contribution in [0.5, 0.6) is 0 Å². The van der Waals surface area contributed by atoms with Gasteiger partial charge in [-0.3, -0.25) is 4.79 Å². The van der Waals surface area contributed by atoms with E-state index in [1.165, 1.54) is 6.07 Å². The Morgan fingerprint density at radius 3 is 2.72 bits per heavy atom. The van der Waals surface area contributed by atoms with E-state index in [0.717, 1.165) is 12.1 Å². The van der Waals surface area contributed by atoms with Gasteiger partial charge in [0.05, 0.1) is 12.2 Å². The molecule has 0 heterocycles. The van der Waals surface area contributed by atoms with Crippen molar-refractivity contribution in [2.75, 3.05) is 6.61 Å². The summed E-state index contributed by atoms with van der Waals surface area (Å²) in [6.07, 6.45) is -0.118. The maximum atomic E-state index is 13.1. The summed E-state index contributed by atoms with van der Waals surface area (Å²) in [4.78, 5) is 21.7. The van der Waals surface area contributed by atoms with Crippen LogP contribution in [0.25, 0.3) is 0 Å². The molecule has 5 heteroatoms. The molecule has 0 bridgehead atoms. The van der Waals surface area contributed by atoms with Gasteiger partial charge in [0.15, 0.2) is 0 Å². The third kappa shape index (κ3) is 4.26. The molecule has 1 rings (SSSR count). The lowest BCUT2D eigenvalue weighted by atomic mass is 10.1. The quantitative estimate of drug-likeness (QED) is 0.656. The number of hydrogen-bond donors (Lipinski definition) is 1. The van der Waals surface area contributed by atoms with Crippen LogP contribution >= 0.6 is 0 Å². The van der Waals surface area contributed by atoms with E-state index in [1.807, 2.05) is 0 Å². The van der Waals surface area contributed by atoms with Gasteiger partial charge in [-0.15, -0.1) is 0 Å². The first-order chi connectivity index (χ1) is 8.52. The largest absolute Gasteiger partial charge is 0.478 e. The fourth-order valence-corrected chi connectivity index (χ4v) is 1.22. The Balaban J connectivity index is 2.82. The molecule has 1 N–H and O–H groups in total. The molecule has 0 amide bonds. The predicted molar refractivity (Wildman–Crippen MR) is 61.5 cm³/mol. The van der Waals surface area contributed by atoms with E-state index in [1.54, 1.807) is 6.92 Å². The number of hydrogen-bond acceptors (Lipinski definition) is 3. The second-order valence-corrected chi connectivity index (χ2v) is 3.32. The number of rotatable bonds is 3. The SMILES string of the molecule is CCOC(=O)CC#Cc1cc(F)cc(C(=O)O)c1. The van der Waals surface area contributed by atoms with Crippen LogP contribution in [0, 0.1) is 17.7 Å². The van der Waals surface area contributed by atoms with Gasteiger partial charge in [0.2, 0.25) is 0 Å². The predicted octanol–water partition coefficient (Wildman–Crippen LogP) is 1.83. The van der Waals surface area contributed by atoms with Gasteiger partial charge >= 0.3 is 11.9 Å². The van der Waals surface area contributed by atoms with Crippen LogP contribution in [0.3, 0.4) is 0 Å². The number of carbonyl (C=O) groups excluding carboxylic acids is 1. The molecule has 0 spiro atoms. The van der Waals surface area contributed by atoms with Crippen molar-refractivity contribution >= 4 is 11.9 Å². The van der Waals surface area contributed by atoms with E-state index in [2.05, 4.69) is 16.6 Å². The third-order valence-corrected chi connectivity index (χ3v) is 1.92. The van der Waals surface area contributed by atoms with E-state index < -0.39 is 17.8 Å². The Morgan fingerprint density at radius 1 is 1.39 bits per heavy atom. The molecule has 0 fully saturated rings. The number of carboxylic acid groups (broad SMARTS) is 1. The second-order valence-electron chi connectivity index (χ2n) is 3.32. The smallest absolute Gasteiger partial charge is 0.335 e. The molecule has 0 saturated heterocycles. The summed E-state index contributed by atoms with van der Waals surface area (Å²) >= 11 is 0. The van der Waals surface area contributed by atoms with E-state index in [-0.39, 0.29) is 24.2 Å². The summed E-state index contributed by atoms with van der Waals surface area (Å²) in [6.45, 7) is 1.95. The number of carbonyl (C=O) groups is 2. The summed E-state index contributed by atoms with van der Waals surface area (Å²) in [5.74, 6) is 2.62.